The van der Waals surface area contributed by atoms with Crippen molar-refractivity contribution in [2.24, 2.45) is 0 Å². The van der Waals surface area contributed by atoms with Gasteiger partial charge in [0.25, 0.3) is 0 Å². The summed E-state index contributed by atoms with van der Waals surface area (Å²) in [6.45, 7) is 4.61. The SMILES string of the molecule is CCCCCCCCC=CCCCCCCCCCCCCC(OP(=O)(O)OCC[N+](C)(C)C)C(C)O. The van der Waals surface area contributed by atoms with Crippen LogP contribution in [0.4, 0.5) is 0 Å². The second kappa shape index (κ2) is 23.6. The van der Waals surface area contributed by atoms with Crippen LogP contribution in [0.2, 0.25) is 0 Å². The van der Waals surface area contributed by atoms with E-state index < -0.39 is 20.0 Å². The summed E-state index contributed by atoms with van der Waals surface area (Å²) in [5.41, 5.74) is 0. The Bertz CT molecular complexity index is 577. The van der Waals surface area contributed by atoms with Crippen molar-refractivity contribution < 1.29 is 28.1 Å². The molecule has 6 nitrogen and oxygen atoms in total. The van der Waals surface area contributed by atoms with Gasteiger partial charge in [-0.1, -0.05) is 109 Å². The summed E-state index contributed by atoms with van der Waals surface area (Å²) in [6.07, 6.45) is 26.9. The Labute approximate surface area is 230 Å². The minimum absolute atomic E-state index is 0.139. The highest BCUT2D eigenvalue weighted by Gasteiger charge is 2.29. The van der Waals surface area contributed by atoms with Crippen LogP contribution in [0.15, 0.2) is 12.2 Å². The molecule has 0 aromatic rings. The van der Waals surface area contributed by atoms with E-state index in [1.807, 2.05) is 21.1 Å². The van der Waals surface area contributed by atoms with Crippen LogP contribution in [0.1, 0.15) is 136 Å². The molecule has 0 radical (unpaired) electrons. The molecule has 0 rings (SSSR count). The van der Waals surface area contributed by atoms with Crippen molar-refractivity contribution in [1.29, 1.82) is 0 Å². The first kappa shape index (κ1) is 36.8. The molecular formula is C30H63NO5P+. The lowest BCUT2D eigenvalue weighted by Crippen LogP contribution is -2.37. The summed E-state index contributed by atoms with van der Waals surface area (Å²) in [5.74, 6) is 0. The first-order chi connectivity index (χ1) is 17.6. The van der Waals surface area contributed by atoms with E-state index >= 15 is 0 Å². The molecule has 0 saturated heterocycles. The molecule has 2 N–H and O–H groups in total. The van der Waals surface area contributed by atoms with Gasteiger partial charge in [-0.25, -0.2) is 4.57 Å². The van der Waals surface area contributed by atoms with Crippen LogP contribution in [-0.4, -0.2) is 61.0 Å². The first-order valence-corrected chi connectivity index (χ1v) is 16.9. The van der Waals surface area contributed by atoms with Crippen LogP contribution in [0.3, 0.4) is 0 Å². The minimum atomic E-state index is -4.16. The fourth-order valence-electron chi connectivity index (χ4n) is 4.31. The summed E-state index contributed by atoms with van der Waals surface area (Å²) in [6, 6.07) is 0. The molecule has 3 atom stereocenters. The molecular weight excluding hydrogens is 485 g/mol. The fourth-order valence-corrected chi connectivity index (χ4v) is 5.31. The van der Waals surface area contributed by atoms with Crippen LogP contribution >= 0.6 is 7.82 Å². The van der Waals surface area contributed by atoms with E-state index in [1.54, 1.807) is 6.92 Å². The van der Waals surface area contributed by atoms with Gasteiger partial charge in [0.15, 0.2) is 0 Å². The molecule has 0 aromatic carbocycles. The molecule has 3 unspecified atom stereocenters. The van der Waals surface area contributed by atoms with Crippen LogP contribution in [-0.2, 0) is 13.6 Å². The number of hydrogen-bond acceptors (Lipinski definition) is 4. The van der Waals surface area contributed by atoms with Crippen molar-refractivity contribution in [1.82, 2.24) is 0 Å². The zero-order valence-corrected chi connectivity index (χ0v) is 26.1. The van der Waals surface area contributed by atoms with Gasteiger partial charge in [-0.05, 0) is 39.0 Å². The molecule has 0 aliphatic heterocycles. The monoisotopic (exact) mass is 548 g/mol. The highest BCUT2D eigenvalue weighted by molar-refractivity contribution is 7.47. The Morgan fingerprint density at radius 2 is 1.19 bits per heavy atom. The van der Waals surface area contributed by atoms with Gasteiger partial charge in [-0.3, -0.25) is 9.05 Å². The molecule has 0 aliphatic carbocycles. The Kier molecular flexibility index (Phi) is 23.5. The molecule has 0 amide bonds. The van der Waals surface area contributed by atoms with Crippen LogP contribution in [0.25, 0.3) is 0 Å². The molecule has 0 fully saturated rings. The average molecular weight is 549 g/mol. The van der Waals surface area contributed by atoms with E-state index in [9.17, 15) is 14.6 Å². The summed E-state index contributed by atoms with van der Waals surface area (Å²) in [5, 5.41) is 9.97. The number of allylic oxidation sites excluding steroid dienone is 2. The zero-order valence-electron chi connectivity index (χ0n) is 25.2. The topological polar surface area (TPSA) is 76.0 Å². The second-order valence-corrected chi connectivity index (χ2v) is 13.2. The third-order valence-electron chi connectivity index (χ3n) is 6.82. The van der Waals surface area contributed by atoms with Crippen LogP contribution < -0.4 is 0 Å². The molecule has 0 bridgehead atoms. The second-order valence-electron chi connectivity index (χ2n) is 11.8. The molecule has 0 spiro atoms. The van der Waals surface area contributed by atoms with Crippen molar-refractivity contribution in [3.63, 3.8) is 0 Å². The summed E-state index contributed by atoms with van der Waals surface area (Å²) in [7, 11) is 1.81. The number of phosphoric acid groups is 1. The average Bonchev–Trinajstić information content (AvgIpc) is 2.80. The third-order valence-corrected chi connectivity index (χ3v) is 7.87. The summed E-state index contributed by atoms with van der Waals surface area (Å²) >= 11 is 0. The molecule has 0 saturated carbocycles. The molecule has 222 valence electrons. The lowest BCUT2D eigenvalue weighted by Gasteiger charge is -2.26. The molecule has 37 heavy (non-hydrogen) atoms. The maximum Gasteiger partial charge on any atom is 0.472 e. The van der Waals surface area contributed by atoms with E-state index in [4.69, 9.17) is 9.05 Å². The number of hydrogen-bond donors (Lipinski definition) is 2. The van der Waals surface area contributed by atoms with Crippen molar-refractivity contribution in [2.45, 2.75) is 148 Å². The van der Waals surface area contributed by atoms with Gasteiger partial charge < -0.3 is 14.5 Å². The van der Waals surface area contributed by atoms with Gasteiger partial charge in [0.05, 0.1) is 33.4 Å². The highest BCUT2D eigenvalue weighted by Crippen LogP contribution is 2.45. The number of quaternary nitrogens is 1. The lowest BCUT2D eigenvalue weighted by molar-refractivity contribution is -0.870. The van der Waals surface area contributed by atoms with Crippen molar-refractivity contribution >= 4 is 7.82 Å². The number of nitrogens with zero attached hydrogens (tertiary/aromatic N) is 1. The molecule has 0 aliphatic rings. The Balaban J connectivity index is 3.62. The number of phosphoric ester groups is 1. The largest absolute Gasteiger partial charge is 0.472 e. The maximum absolute atomic E-state index is 12.2. The van der Waals surface area contributed by atoms with Gasteiger partial charge in [-0.2, -0.15) is 0 Å². The predicted molar refractivity (Wildman–Crippen MR) is 158 cm³/mol. The highest BCUT2D eigenvalue weighted by atomic mass is 31.2. The van der Waals surface area contributed by atoms with Gasteiger partial charge in [0.2, 0.25) is 0 Å². The number of aliphatic hydroxyl groups excluding tert-OH is 1. The summed E-state index contributed by atoms with van der Waals surface area (Å²) in [4.78, 5) is 9.99. The fraction of sp³-hybridized carbons (Fsp3) is 0.933. The number of aliphatic hydroxyl groups is 1. The van der Waals surface area contributed by atoms with E-state index in [2.05, 4.69) is 19.1 Å². The van der Waals surface area contributed by atoms with Gasteiger partial charge in [0.1, 0.15) is 13.2 Å². The number of unbranched alkanes of at least 4 members (excludes halogenated alkanes) is 16. The van der Waals surface area contributed by atoms with Crippen LogP contribution in [0, 0.1) is 0 Å². The molecule has 0 aromatic heterocycles. The van der Waals surface area contributed by atoms with Crippen molar-refractivity contribution in [3.8, 4) is 0 Å². The Hall–Kier alpha value is -0.230. The Morgan fingerprint density at radius 1 is 0.757 bits per heavy atom. The minimum Gasteiger partial charge on any atom is -0.391 e. The third kappa shape index (κ3) is 27.1. The van der Waals surface area contributed by atoms with Gasteiger partial charge >= 0.3 is 7.82 Å². The van der Waals surface area contributed by atoms with E-state index in [1.165, 1.54) is 96.3 Å². The number of rotatable bonds is 27. The van der Waals surface area contributed by atoms with Crippen molar-refractivity contribution in [3.05, 3.63) is 12.2 Å². The van der Waals surface area contributed by atoms with Gasteiger partial charge in [0, 0.05) is 0 Å². The number of likely N-dealkylation sites (N-methyl/N-ethyl adjacent to an activating group) is 1. The quantitative estimate of drug-likeness (QED) is 0.0465. The van der Waals surface area contributed by atoms with Gasteiger partial charge in [-0.15, -0.1) is 0 Å². The smallest absolute Gasteiger partial charge is 0.391 e. The molecule has 0 heterocycles. The van der Waals surface area contributed by atoms with Crippen LogP contribution in [0.5, 0.6) is 0 Å². The normalized spacial score (nSPS) is 15.8. The predicted octanol–water partition coefficient (Wildman–Crippen LogP) is 8.56. The summed E-state index contributed by atoms with van der Waals surface area (Å²) < 4.78 is 23.2. The standard InChI is InChI=1S/C30H62NO5P/c1-6-7-8-9-10-11-12-13-14-15-16-17-18-19-20-21-22-23-24-25-26-30(29(2)32)36-37(33,34)35-28-27-31(3,4)5/h13-14,29-30,32H,6-12,15-28H2,1-5H3/p+1. The Morgan fingerprint density at radius 3 is 1.62 bits per heavy atom. The molecule has 7 heteroatoms. The van der Waals surface area contributed by atoms with E-state index in [-0.39, 0.29) is 6.61 Å². The zero-order chi connectivity index (χ0) is 27.8. The van der Waals surface area contributed by atoms with E-state index in [0.717, 1.165) is 19.3 Å². The lowest BCUT2D eigenvalue weighted by atomic mass is 10.0. The van der Waals surface area contributed by atoms with E-state index in [0.29, 0.717) is 17.4 Å². The maximum atomic E-state index is 12.2. The first-order valence-electron chi connectivity index (χ1n) is 15.4. The van der Waals surface area contributed by atoms with Crippen molar-refractivity contribution in [2.75, 3.05) is 34.3 Å².